The molecule has 0 radical (unpaired) electrons. The lowest BCUT2D eigenvalue weighted by Gasteiger charge is -2.35. The molecule has 0 bridgehead atoms. The summed E-state index contributed by atoms with van der Waals surface area (Å²) in [6.45, 7) is 2.83. The number of likely N-dealkylation sites (tertiary alicyclic amines) is 1. The molecule has 0 unspecified atom stereocenters. The molecular formula is C10H20N2O2S. The van der Waals surface area contributed by atoms with Crippen LogP contribution in [0.4, 0.5) is 0 Å². The Labute approximate surface area is 91.7 Å². The monoisotopic (exact) mass is 232 g/mol. The van der Waals surface area contributed by atoms with E-state index in [-0.39, 0.29) is 6.04 Å². The van der Waals surface area contributed by atoms with Crippen LogP contribution < -0.4 is 5.73 Å². The van der Waals surface area contributed by atoms with Crippen LogP contribution in [0.1, 0.15) is 19.3 Å². The fourth-order valence-corrected chi connectivity index (χ4v) is 4.38. The van der Waals surface area contributed by atoms with Crippen LogP contribution in [0.25, 0.3) is 0 Å². The van der Waals surface area contributed by atoms with Crippen molar-refractivity contribution in [2.45, 2.75) is 25.3 Å². The van der Waals surface area contributed by atoms with Gasteiger partial charge in [0.15, 0.2) is 9.84 Å². The van der Waals surface area contributed by atoms with Gasteiger partial charge in [0, 0.05) is 6.04 Å². The maximum absolute atomic E-state index is 11.4. The van der Waals surface area contributed by atoms with Gasteiger partial charge < -0.3 is 5.73 Å². The number of rotatable bonds is 2. The molecule has 88 valence electrons. The normalized spacial score (nSPS) is 33.3. The van der Waals surface area contributed by atoms with Crippen LogP contribution in [-0.4, -0.2) is 50.5 Å². The molecule has 0 saturated carbocycles. The summed E-state index contributed by atoms with van der Waals surface area (Å²) in [5.41, 5.74) is 5.63. The molecule has 0 spiro atoms. The molecule has 4 nitrogen and oxygen atoms in total. The number of nitrogens with zero attached hydrogens (tertiary/aromatic N) is 1. The molecule has 2 heterocycles. The van der Waals surface area contributed by atoms with Gasteiger partial charge in [-0.2, -0.15) is 0 Å². The standard InChI is InChI=1S/C10H20N2O2S/c11-7-9-1-4-12(5-2-9)10-3-6-15(13,14)8-10/h9-10H,1-8,11H2/t10-/m0/s1. The summed E-state index contributed by atoms with van der Waals surface area (Å²) in [6, 6.07) is 0.286. The van der Waals surface area contributed by atoms with E-state index in [2.05, 4.69) is 4.90 Å². The molecule has 2 rings (SSSR count). The van der Waals surface area contributed by atoms with E-state index in [1.54, 1.807) is 0 Å². The fourth-order valence-electron chi connectivity index (χ4n) is 2.62. The van der Waals surface area contributed by atoms with Gasteiger partial charge in [-0.05, 0) is 44.8 Å². The summed E-state index contributed by atoms with van der Waals surface area (Å²) >= 11 is 0. The van der Waals surface area contributed by atoms with Gasteiger partial charge in [0.05, 0.1) is 11.5 Å². The molecule has 2 fully saturated rings. The smallest absolute Gasteiger partial charge is 0.151 e. The van der Waals surface area contributed by atoms with Crippen molar-refractivity contribution in [3.05, 3.63) is 0 Å². The predicted octanol–water partition coefficient (Wildman–Crippen LogP) is -0.156. The van der Waals surface area contributed by atoms with Crippen molar-refractivity contribution >= 4 is 9.84 Å². The highest BCUT2D eigenvalue weighted by atomic mass is 32.2. The largest absolute Gasteiger partial charge is 0.330 e. The first-order valence-electron chi connectivity index (χ1n) is 5.75. The minimum absolute atomic E-state index is 0.286. The Hall–Kier alpha value is -0.130. The van der Waals surface area contributed by atoms with Crippen LogP contribution in [0.15, 0.2) is 0 Å². The molecule has 2 aliphatic rings. The zero-order valence-electron chi connectivity index (χ0n) is 9.06. The van der Waals surface area contributed by atoms with Gasteiger partial charge in [0.1, 0.15) is 0 Å². The van der Waals surface area contributed by atoms with Crippen molar-refractivity contribution < 1.29 is 8.42 Å². The molecule has 0 aliphatic carbocycles. The highest BCUT2D eigenvalue weighted by molar-refractivity contribution is 7.91. The number of sulfone groups is 1. The summed E-state index contributed by atoms with van der Waals surface area (Å²) in [6.07, 6.45) is 3.09. The highest BCUT2D eigenvalue weighted by Gasteiger charge is 2.33. The first kappa shape index (κ1) is 11.4. The Morgan fingerprint density at radius 1 is 1.20 bits per heavy atom. The van der Waals surface area contributed by atoms with Crippen molar-refractivity contribution in [2.75, 3.05) is 31.1 Å². The molecule has 0 aromatic heterocycles. The quantitative estimate of drug-likeness (QED) is 0.719. The number of hydrogen-bond acceptors (Lipinski definition) is 4. The molecule has 0 aromatic rings. The lowest BCUT2D eigenvalue weighted by molar-refractivity contribution is 0.146. The topological polar surface area (TPSA) is 63.4 Å². The highest BCUT2D eigenvalue weighted by Crippen LogP contribution is 2.23. The lowest BCUT2D eigenvalue weighted by Crippen LogP contribution is -2.43. The van der Waals surface area contributed by atoms with Gasteiger partial charge in [-0.25, -0.2) is 8.42 Å². The Balaban J connectivity index is 1.87. The van der Waals surface area contributed by atoms with E-state index in [0.717, 1.165) is 38.9 Å². The van der Waals surface area contributed by atoms with Gasteiger partial charge >= 0.3 is 0 Å². The number of piperidine rings is 1. The summed E-state index contributed by atoms with van der Waals surface area (Å²) in [5, 5.41) is 0. The average molecular weight is 232 g/mol. The van der Waals surface area contributed by atoms with Gasteiger partial charge in [-0.3, -0.25) is 4.90 Å². The third-order valence-electron chi connectivity index (χ3n) is 3.71. The molecule has 0 aromatic carbocycles. The summed E-state index contributed by atoms with van der Waals surface area (Å²) in [4.78, 5) is 2.34. The van der Waals surface area contributed by atoms with E-state index in [9.17, 15) is 8.42 Å². The van der Waals surface area contributed by atoms with Crippen LogP contribution in [0.3, 0.4) is 0 Å². The SMILES string of the molecule is NCC1CCN([C@H]2CCS(=O)(=O)C2)CC1. The van der Waals surface area contributed by atoms with E-state index in [1.807, 2.05) is 0 Å². The number of nitrogens with two attached hydrogens (primary N) is 1. The second kappa shape index (κ2) is 4.39. The lowest BCUT2D eigenvalue weighted by atomic mass is 9.96. The van der Waals surface area contributed by atoms with Gasteiger partial charge in [-0.1, -0.05) is 0 Å². The Morgan fingerprint density at radius 3 is 2.33 bits per heavy atom. The molecule has 2 N–H and O–H groups in total. The second-order valence-electron chi connectivity index (χ2n) is 4.77. The molecule has 0 amide bonds. The summed E-state index contributed by atoms with van der Waals surface area (Å²) in [7, 11) is -2.73. The van der Waals surface area contributed by atoms with E-state index < -0.39 is 9.84 Å². The number of hydrogen-bond donors (Lipinski definition) is 1. The summed E-state index contributed by atoms with van der Waals surface area (Å²) in [5.74, 6) is 1.41. The first-order valence-corrected chi connectivity index (χ1v) is 7.57. The molecular weight excluding hydrogens is 212 g/mol. The molecule has 15 heavy (non-hydrogen) atoms. The van der Waals surface area contributed by atoms with Crippen molar-refractivity contribution in [3.8, 4) is 0 Å². The van der Waals surface area contributed by atoms with Crippen LogP contribution in [0.5, 0.6) is 0 Å². The summed E-state index contributed by atoms with van der Waals surface area (Å²) < 4.78 is 22.7. The van der Waals surface area contributed by atoms with E-state index >= 15 is 0 Å². The van der Waals surface area contributed by atoms with Crippen LogP contribution in [0.2, 0.25) is 0 Å². The Kier molecular flexibility index (Phi) is 3.33. The molecule has 2 saturated heterocycles. The molecule has 2 aliphatic heterocycles. The third kappa shape index (κ3) is 2.71. The minimum atomic E-state index is -2.73. The van der Waals surface area contributed by atoms with Crippen LogP contribution in [-0.2, 0) is 9.84 Å². The van der Waals surface area contributed by atoms with E-state index in [1.165, 1.54) is 0 Å². The molecule has 5 heteroatoms. The minimum Gasteiger partial charge on any atom is -0.330 e. The average Bonchev–Trinajstić information content (AvgIpc) is 2.59. The maximum Gasteiger partial charge on any atom is 0.151 e. The maximum atomic E-state index is 11.4. The van der Waals surface area contributed by atoms with E-state index in [4.69, 9.17) is 5.73 Å². The zero-order valence-corrected chi connectivity index (χ0v) is 9.88. The molecule has 1 atom stereocenters. The predicted molar refractivity (Wildman–Crippen MR) is 60.4 cm³/mol. The van der Waals surface area contributed by atoms with Crippen LogP contribution >= 0.6 is 0 Å². The van der Waals surface area contributed by atoms with Gasteiger partial charge in [0.2, 0.25) is 0 Å². The first-order chi connectivity index (χ1) is 7.11. The third-order valence-corrected chi connectivity index (χ3v) is 5.46. The Bertz CT molecular complexity index is 307. The van der Waals surface area contributed by atoms with E-state index in [0.29, 0.717) is 17.4 Å². The zero-order chi connectivity index (χ0) is 10.9. The van der Waals surface area contributed by atoms with Crippen LogP contribution in [0, 0.1) is 5.92 Å². The van der Waals surface area contributed by atoms with Gasteiger partial charge in [0.25, 0.3) is 0 Å². The van der Waals surface area contributed by atoms with Crippen molar-refractivity contribution in [3.63, 3.8) is 0 Å². The fraction of sp³-hybridized carbons (Fsp3) is 1.00. The van der Waals surface area contributed by atoms with Crippen molar-refractivity contribution in [2.24, 2.45) is 11.7 Å². The Morgan fingerprint density at radius 2 is 1.87 bits per heavy atom. The second-order valence-corrected chi connectivity index (χ2v) is 7.00. The van der Waals surface area contributed by atoms with Crippen molar-refractivity contribution in [1.82, 2.24) is 4.90 Å². The van der Waals surface area contributed by atoms with Crippen molar-refractivity contribution in [1.29, 1.82) is 0 Å². The van der Waals surface area contributed by atoms with Gasteiger partial charge in [-0.15, -0.1) is 0 Å².